The second kappa shape index (κ2) is 7.82. The number of rotatable bonds is 0. The van der Waals surface area contributed by atoms with Gasteiger partial charge in [0, 0.05) is 51.9 Å². The van der Waals surface area contributed by atoms with Crippen molar-refractivity contribution in [2.75, 3.05) is 6.54 Å². The van der Waals surface area contributed by atoms with Crippen molar-refractivity contribution in [1.82, 2.24) is 5.32 Å². The summed E-state index contributed by atoms with van der Waals surface area (Å²) in [6, 6.07) is 0. The van der Waals surface area contributed by atoms with Crippen LogP contribution in [0.3, 0.4) is 0 Å². The predicted octanol–water partition coefficient (Wildman–Crippen LogP) is 0.672. The van der Waals surface area contributed by atoms with Gasteiger partial charge in [-0.3, -0.25) is 4.79 Å². The zero-order chi connectivity index (χ0) is 5.82. The predicted molar refractivity (Wildman–Crippen MR) is 31.5 cm³/mol. The molecule has 0 atom stereocenters. The summed E-state index contributed by atoms with van der Waals surface area (Å²) in [5.41, 5.74) is 0. The van der Waals surface area contributed by atoms with E-state index >= 15 is 0 Å². The number of nitrogens with one attached hydrogen (secondary N) is 1. The van der Waals surface area contributed by atoms with Crippen molar-refractivity contribution in [3.05, 3.63) is 0 Å². The van der Waals surface area contributed by atoms with E-state index in [2.05, 4.69) is 5.32 Å². The zero-order valence-electron chi connectivity index (χ0n) is 5.61. The van der Waals surface area contributed by atoms with E-state index < -0.39 is 0 Å². The first-order chi connectivity index (χ1) is 3.89. The molecule has 1 heterocycles. The maximum Gasteiger partial charge on any atom is 0.219 e. The molecule has 1 N–H and O–H groups in total. The molecule has 0 aliphatic carbocycles. The van der Waals surface area contributed by atoms with Gasteiger partial charge < -0.3 is 5.32 Å². The Morgan fingerprint density at radius 3 is 2.50 bits per heavy atom. The van der Waals surface area contributed by atoms with E-state index in [1.165, 1.54) is 6.42 Å². The summed E-state index contributed by atoms with van der Waals surface area (Å²) in [5.74, 6) is 0.225. The fourth-order valence-electron chi connectivity index (χ4n) is 0.904. The van der Waals surface area contributed by atoms with Crippen molar-refractivity contribution in [1.29, 1.82) is 0 Å². The molecule has 0 unspecified atom stereocenters. The summed E-state index contributed by atoms with van der Waals surface area (Å²) in [7, 11) is 0. The van der Waals surface area contributed by atoms with E-state index in [9.17, 15) is 4.79 Å². The largest absolute Gasteiger partial charge is 0.356 e. The normalized spacial score (nSPS) is 17.4. The number of carbonyl (C=O) groups is 1. The molecule has 0 aromatic carbocycles. The molecule has 2 nitrogen and oxygen atoms in total. The summed E-state index contributed by atoms with van der Waals surface area (Å²) < 4.78 is 0. The van der Waals surface area contributed by atoms with E-state index in [0.717, 1.165) is 25.8 Å². The van der Waals surface area contributed by atoms with Crippen LogP contribution in [-0.4, -0.2) is 12.5 Å². The summed E-state index contributed by atoms with van der Waals surface area (Å²) in [6.07, 6.45) is 4.18. The smallest absolute Gasteiger partial charge is 0.219 e. The molecular formula is C6H11NORh2. The van der Waals surface area contributed by atoms with E-state index in [0.29, 0.717) is 0 Å². The van der Waals surface area contributed by atoms with E-state index in [1.807, 2.05) is 0 Å². The number of hydrogen-bond donors (Lipinski definition) is 1. The molecule has 0 bridgehead atoms. The Kier molecular flexibility index (Phi) is 10.4. The van der Waals surface area contributed by atoms with Gasteiger partial charge in [-0.1, -0.05) is 6.42 Å². The minimum absolute atomic E-state index is 0. The third kappa shape index (κ3) is 5.50. The molecule has 0 aromatic rings. The van der Waals surface area contributed by atoms with Crippen molar-refractivity contribution in [2.24, 2.45) is 0 Å². The molecule has 1 saturated heterocycles. The summed E-state index contributed by atoms with van der Waals surface area (Å²) in [4.78, 5) is 10.6. The maximum atomic E-state index is 10.6. The molecule has 4 heteroatoms. The van der Waals surface area contributed by atoms with Crippen molar-refractivity contribution in [3.8, 4) is 0 Å². The van der Waals surface area contributed by atoms with Gasteiger partial charge in [-0.25, -0.2) is 0 Å². The molecule has 1 amide bonds. The van der Waals surface area contributed by atoms with Crippen molar-refractivity contribution >= 4 is 5.91 Å². The zero-order valence-corrected chi connectivity index (χ0v) is 8.89. The quantitative estimate of drug-likeness (QED) is 0.654. The van der Waals surface area contributed by atoms with Gasteiger partial charge in [-0.05, 0) is 12.8 Å². The second-order valence-electron chi connectivity index (χ2n) is 2.16. The summed E-state index contributed by atoms with van der Waals surface area (Å²) >= 11 is 0. The van der Waals surface area contributed by atoms with Gasteiger partial charge >= 0.3 is 0 Å². The molecule has 1 aliphatic heterocycles. The van der Waals surface area contributed by atoms with Gasteiger partial charge in [0.1, 0.15) is 0 Å². The Morgan fingerprint density at radius 1 is 1.10 bits per heavy atom. The SMILES string of the molecule is O=C1CCCCCN1.[Rh].[Rh]. The summed E-state index contributed by atoms with van der Waals surface area (Å²) in [6.45, 7) is 0.888. The number of amides is 1. The molecule has 1 fully saturated rings. The monoisotopic (exact) mass is 319 g/mol. The molecule has 0 aromatic heterocycles. The van der Waals surface area contributed by atoms with Crippen molar-refractivity contribution < 1.29 is 43.8 Å². The van der Waals surface area contributed by atoms with Crippen LogP contribution in [0.1, 0.15) is 25.7 Å². The molecule has 2 radical (unpaired) electrons. The van der Waals surface area contributed by atoms with Crippen LogP contribution in [0.2, 0.25) is 0 Å². The Hall–Kier alpha value is 0.717. The van der Waals surface area contributed by atoms with Crippen LogP contribution in [0.4, 0.5) is 0 Å². The van der Waals surface area contributed by atoms with Crippen LogP contribution in [0.5, 0.6) is 0 Å². The topological polar surface area (TPSA) is 29.1 Å². The van der Waals surface area contributed by atoms with E-state index in [-0.39, 0.29) is 44.9 Å². The van der Waals surface area contributed by atoms with E-state index in [1.54, 1.807) is 0 Å². The van der Waals surface area contributed by atoms with Crippen molar-refractivity contribution in [3.63, 3.8) is 0 Å². The van der Waals surface area contributed by atoms with E-state index in [4.69, 9.17) is 0 Å². The first kappa shape index (κ1) is 13.3. The van der Waals surface area contributed by atoms with Gasteiger partial charge in [0.05, 0.1) is 0 Å². The average Bonchev–Trinajstić information content (AvgIpc) is 1.94. The minimum Gasteiger partial charge on any atom is -0.356 e. The second-order valence-corrected chi connectivity index (χ2v) is 2.16. The van der Waals surface area contributed by atoms with Crippen LogP contribution in [0, 0.1) is 0 Å². The van der Waals surface area contributed by atoms with Gasteiger partial charge in [0.25, 0.3) is 0 Å². The number of carbonyl (C=O) groups excluding carboxylic acids is 1. The Labute approximate surface area is 87.0 Å². The van der Waals surface area contributed by atoms with Gasteiger partial charge in [-0.15, -0.1) is 0 Å². The fourth-order valence-corrected chi connectivity index (χ4v) is 0.904. The van der Waals surface area contributed by atoms with Gasteiger partial charge in [0.2, 0.25) is 5.91 Å². The van der Waals surface area contributed by atoms with Crippen LogP contribution < -0.4 is 5.32 Å². The van der Waals surface area contributed by atoms with Gasteiger partial charge in [-0.2, -0.15) is 0 Å². The van der Waals surface area contributed by atoms with Crippen LogP contribution in [-0.2, 0) is 43.8 Å². The Bertz CT molecular complexity index is 87.7. The molecule has 0 saturated carbocycles. The maximum absolute atomic E-state index is 10.6. The van der Waals surface area contributed by atoms with Crippen LogP contribution >= 0.6 is 0 Å². The van der Waals surface area contributed by atoms with Crippen LogP contribution in [0.25, 0.3) is 0 Å². The molecule has 1 aliphatic rings. The minimum atomic E-state index is 0. The molecular weight excluding hydrogens is 308 g/mol. The third-order valence-electron chi connectivity index (χ3n) is 1.40. The standard InChI is InChI=1S/C6H11NO.2Rh/c8-6-4-2-1-3-5-7-6;;/h1-5H2,(H,7,8);;. The molecule has 64 valence electrons. The van der Waals surface area contributed by atoms with Crippen molar-refractivity contribution in [2.45, 2.75) is 25.7 Å². The number of hydrogen-bond acceptors (Lipinski definition) is 1. The Balaban J connectivity index is 0. The fraction of sp³-hybridized carbons (Fsp3) is 0.833. The molecule has 0 spiro atoms. The van der Waals surface area contributed by atoms with Gasteiger partial charge in [0.15, 0.2) is 0 Å². The Morgan fingerprint density at radius 2 is 1.80 bits per heavy atom. The first-order valence-corrected chi connectivity index (χ1v) is 3.16. The first-order valence-electron chi connectivity index (χ1n) is 3.16. The molecule has 1 rings (SSSR count). The third-order valence-corrected chi connectivity index (χ3v) is 1.40. The summed E-state index contributed by atoms with van der Waals surface area (Å²) in [5, 5.41) is 2.81. The average molecular weight is 319 g/mol. The van der Waals surface area contributed by atoms with Crippen LogP contribution in [0.15, 0.2) is 0 Å². The molecule has 10 heavy (non-hydrogen) atoms.